The van der Waals surface area contributed by atoms with E-state index in [1.54, 1.807) is 0 Å². The molecule has 0 aromatic rings. The molecule has 0 N–H and O–H groups in total. The molecule has 0 amide bonds. The van der Waals surface area contributed by atoms with Crippen LogP contribution < -0.4 is 0 Å². The van der Waals surface area contributed by atoms with Gasteiger partial charge in [0.25, 0.3) is 0 Å². The molecule has 0 bridgehead atoms. The van der Waals surface area contributed by atoms with Crippen LogP contribution in [-0.4, -0.2) is 35.9 Å². The minimum Gasteiger partial charge on any atom is -0.465 e. The molecule has 0 aliphatic heterocycles. The summed E-state index contributed by atoms with van der Waals surface area (Å²) in [7, 11) is 0. The molecule has 0 rings (SSSR count). The maximum absolute atomic E-state index is 12.8. The molecule has 0 saturated heterocycles. The van der Waals surface area contributed by atoms with Gasteiger partial charge in [0.1, 0.15) is 5.25 Å². The van der Waals surface area contributed by atoms with Crippen molar-refractivity contribution in [3.63, 3.8) is 0 Å². The lowest BCUT2D eigenvalue weighted by Crippen LogP contribution is -2.26. The van der Waals surface area contributed by atoms with E-state index < -0.39 is 24.0 Å². The van der Waals surface area contributed by atoms with Gasteiger partial charge in [-0.3, -0.25) is 4.79 Å². The van der Waals surface area contributed by atoms with Crippen molar-refractivity contribution < 1.29 is 27.1 Å². The van der Waals surface area contributed by atoms with Gasteiger partial charge >= 0.3 is 18.3 Å². The van der Waals surface area contributed by atoms with Crippen LogP contribution >= 0.6 is 11.8 Å². The Balaban J connectivity index is 4.16. The molecule has 2 nitrogen and oxygen atoms in total. The quantitative estimate of drug-likeness (QED) is 0.257. The van der Waals surface area contributed by atoms with E-state index in [0.29, 0.717) is 13.0 Å². The fourth-order valence-electron chi connectivity index (χ4n) is 1.71. The highest BCUT2D eigenvalue weighted by Gasteiger charge is 2.39. The average molecular weight is 346 g/mol. The van der Waals surface area contributed by atoms with Gasteiger partial charge in [0.2, 0.25) is 0 Å². The summed E-state index contributed by atoms with van der Waals surface area (Å²) in [5, 5.41) is -0.392. The summed E-state index contributed by atoms with van der Waals surface area (Å²) >= 11 is 1.23. The zero-order valence-electron chi connectivity index (χ0n) is 13.3. The molecule has 0 saturated carbocycles. The summed E-state index contributed by atoms with van der Waals surface area (Å²) in [5.74, 6) is -4.02. The van der Waals surface area contributed by atoms with Crippen LogP contribution in [0, 0.1) is 0 Å². The van der Waals surface area contributed by atoms with Crippen molar-refractivity contribution in [2.45, 2.75) is 76.4 Å². The molecule has 7 heteroatoms. The van der Waals surface area contributed by atoms with E-state index in [0.717, 1.165) is 25.7 Å². The van der Waals surface area contributed by atoms with Crippen LogP contribution in [0.2, 0.25) is 0 Å². The van der Waals surface area contributed by atoms with Crippen molar-refractivity contribution in [1.29, 1.82) is 0 Å². The minimum absolute atomic E-state index is 0.0487. The first kappa shape index (κ1) is 21.5. The van der Waals surface area contributed by atoms with Crippen LogP contribution in [0.4, 0.5) is 17.6 Å². The number of ether oxygens (including phenoxy) is 1. The van der Waals surface area contributed by atoms with Crippen LogP contribution in [0.15, 0.2) is 0 Å². The Morgan fingerprint density at radius 3 is 2.32 bits per heavy atom. The highest BCUT2D eigenvalue weighted by atomic mass is 32.2. The van der Waals surface area contributed by atoms with Crippen molar-refractivity contribution in [2.24, 2.45) is 0 Å². The van der Waals surface area contributed by atoms with Gasteiger partial charge in [-0.05, 0) is 25.0 Å². The number of rotatable bonds is 13. The van der Waals surface area contributed by atoms with Crippen molar-refractivity contribution >= 4 is 17.7 Å². The number of hydrogen-bond donors (Lipinski definition) is 0. The van der Waals surface area contributed by atoms with Crippen LogP contribution in [0.1, 0.15) is 58.8 Å². The number of carbonyl (C=O) groups excluding carboxylic acids is 1. The SMILES string of the molecule is CCCCOC(=O)C(CCCC)SCCCC(F)(F)C(F)F. The average Bonchev–Trinajstić information content (AvgIpc) is 2.46. The van der Waals surface area contributed by atoms with Gasteiger partial charge < -0.3 is 4.74 Å². The number of alkyl halides is 4. The summed E-state index contributed by atoms with van der Waals surface area (Å²) in [6, 6.07) is 0. The van der Waals surface area contributed by atoms with Crippen LogP contribution in [0.3, 0.4) is 0 Å². The third-order valence-corrected chi connectivity index (χ3v) is 4.47. The number of thioether (sulfide) groups is 1. The van der Waals surface area contributed by atoms with Gasteiger partial charge in [-0.2, -0.15) is 0 Å². The molecule has 22 heavy (non-hydrogen) atoms. The normalized spacial score (nSPS) is 13.4. The highest BCUT2D eigenvalue weighted by molar-refractivity contribution is 8.00. The number of halogens is 4. The lowest BCUT2D eigenvalue weighted by atomic mass is 10.2. The molecular weight excluding hydrogens is 320 g/mol. The monoisotopic (exact) mass is 346 g/mol. The second-order valence-electron chi connectivity index (χ2n) is 5.19. The Bertz CT molecular complexity index is 301. The summed E-state index contributed by atoms with van der Waals surface area (Å²) in [6.07, 6.45) is -0.447. The maximum atomic E-state index is 12.8. The molecule has 0 spiro atoms. The topological polar surface area (TPSA) is 26.3 Å². The van der Waals surface area contributed by atoms with Gasteiger partial charge in [0.05, 0.1) is 6.61 Å². The Labute approximate surface area is 134 Å². The standard InChI is InChI=1S/C15H26F4O2S/c1-3-5-8-12(13(20)21-10-6-4-2)22-11-7-9-15(18,19)14(16)17/h12,14H,3-11H2,1-2H3. The molecule has 0 aliphatic carbocycles. The zero-order valence-corrected chi connectivity index (χ0v) is 14.1. The van der Waals surface area contributed by atoms with Crippen molar-refractivity contribution in [2.75, 3.05) is 12.4 Å². The third kappa shape index (κ3) is 9.54. The second kappa shape index (κ2) is 12.0. The van der Waals surface area contributed by atoms with Crippen molar-refractivity contribution in [3.05, 3.63) is 0 Å². The lowest BCUT2D eigenvalue weighted by Gasteiger charge is -2.17. The number of hydrogen-bond acceptors (Lipinski definition) is 3. The molecule has 1 unspecified atom stereocenters. The summed E-state index contributed by atoms with van der Waals surface area (Å²) < 4.78 is 54.8. The Kier molecular flexibility index (Phi) is 11.8. The molecule has 0 fully saturated rings. The van der Waals surface area contributed by atoms with E-state index >= 15 is 0 Å². The number of carbonyl (C=O) groups is 1. The number of esters is 1. The molecule has 0 aromatic heterocycles. The van der Waals surface area contributed by atoms with Crippen molar-refractivity contribution in [1.82, 2.24) is 0 Å². The van der Waals surface area contributed by atoms with Crippen LogP contribution in [-0.2, 0) is 9.53 Å². The Morgan fingerprint density at radius 1 is 1.14 bits per heavy atom. The predicted octanol–water partition coefficient (Wildman–Crippen LogP) is 5.30. The van der Waals surface area contributed by atoms with Gasteiger partial charge in [0, 0.05) is 6.42 Å². The molecule has 0 aromatic carbocycles. The van der Waals surface area contributed by atoms with E-state index in [4.69, 9.17) is 4.74 Å². The van der Waals surface area contributed by atoms with Gasteiger partial charge in [-0.25, -0.2) is 17.6 Å². The number of unbranched alkanes of at least 4 members (excludes halogenated alkanes) is 2. The molecule has 1 atom stereocenters. The van der Waals surface area contributed by atoms with Crippen LogP contribution in [0.25, 0.3) is 0 Å². The maximum Gasteiger partial charge on any atom is 0.319 e. The van der Waals surface area contributed by atoms with E-state index in [9.17, 15) is 22.4 Å². The van der Waals surface area contributed by atoms with E-state index in [-0.39, 0.29) is 18.1 Å². The van der Waals surface area contributed by atoms with Gasteiger partial charge in [-0.1, -0.05) is 33.1 Å². The highest BCUT2D eigenvalue weighted by Crippen LogP contribution is 2.29. The van der Waals surface area contributed by atoms with Crippen LogP contribution in [0.5, 0.6) is 0 Å². The molecule has 0 heterocycles. The van der Waals surface area contributed by atoms with Crippen molar-refractivity contribution in [3.8, 4) is 0 Å². The Morgan fingerprint density at radius 2 is 1.77 bits per heavy atom. The molecule has 132 valence electrons. The lowest BCUT2D eigenvalue weighted by molar-refractivity contribution is -0.143. The minimum atomic E-state index is -3.94. The molecule has 0 aliphatic rings. The fraction of sp³-hybridized carbons (Fsp3) is 0.933. The largest absolute Gasteiger partial charge is 0.465 e. The van der Waals surface area contributed by atoms with Gasteiger partial charge in [0.15, 0.2) is 0 Å². The first-order chi connectivity index (χ1) is 10.3. The first-order valence-electron chi connectivity index (χ1n) is 7.79. The predicted molar refractivity (Wildman–Crippen MR) is 81.8 cm³/mol. The van der Waals surface area contributed by atoms with E-state index in [1.807, 2.05) is 13.8 Å². The van der Waals surface area contributed by atoms with E-state index in [2.05, 4.69) is 0 Å². The Hall–Kier alpha value is -0.460. The third-order valence-electron chi connectivity index (χ3n) is 3.12. The zero-order chi connectivity index (χ0) is 17.0. The fourth-order valence-corrected chi connectivity index (χ4v) is 2.84. The summed E-state index contributed by atoms with van der Waals surface area (Å²) in [6.45, 7) is 4.34. The smallest absolute Gasteiger partial charge is 0.319 e. The molecular formula is C15H26F4O2S. The summed E-state index contributed by atoms with van der Waals surface area (Å²) in [5.41, 5.74) is 0. The van der Waals surface area contributed by atoms with Gasteiger partial charge in [-0.15, -0.1) is 11.8 Å². The second-order valence-corrected chi connectivity index (χ2v) is 6.50. The van der Waals surface area contributed by atoms with E-state index in [1.165, 1.54) is 11.8 Å². The summed E-state index contributed by atoms with van der Waals surface area (Å²) in [4.78, 5) is 11.9. The first-order valence-corrected chi connectivity index (χ1v) is 8.84. The molecule has 0 radical (unpaired) electrons.